The van der Waals surface area contributed by atoms with E-state index in [0.29, 0.717) is 12.0 Å². The molecule has 1 aliphatic rings. The number of pyridine rings is 1. The minimum absolute atomic E-state index is 0.492. The molecule has 124 valence electrons. The minimum Gasteiger partial charge on any atom is -0.365 e. The number of fused-ring (bicyclic) bond motifs is 2. The quantitative estimate of drug-likeness (QED) is 0.530. The molecule has 1 aliphatic carbocycles. The first-order chi connectivity index (χ1) is 12.3. The molecule has 5 rings (SSSR count). The molecule has 0 spiro atoms. The summed E-state index contributed by atoms with van der Waals surface area (Å²) in [7, 11) is 0. The Labute approximate surface area is 143 Å². The van der Waals surface area contributed by atoms with Crippen molar-refractivity contribution in [1.82, 2.24) is 24.9 Å². The second kappa shape index (κ2) is 5.41. The summed E-state index contributed by atoms with van der Waals surface area (Å²) in [4.78, 5) is 21.2. The van der Waals surface area contributed by atoms with Crippen molar-refractivity contribution in [2.24, 2.45) is 0 Å². The third kappa shape index (κ3) is 2.63. The Hall–Kier alpha value is -3.22. The predicted molar refractivity (Wildman–Crippen MR) is 98.1 cm³/mol. The van der Waals surface area contributed by atoms with Gasteiger partial charge in [0, 0.05) is 17.1 Å². The molecule has 0 unspecified atom stereocenters. The van der Waals surface area contributed by atoms with Gasteiger partial charge in [0.1, 0.15) is 5.52 Å². The lowest BCUT2D eigenvalue weighted by molar-refractivity contribution is 1.10. The maximum absolute atomic E-state index is 4.65. The zero-order valence-electron chi connectivity index (χ0n) is 13.7. The Morgan fingerprint density at radius 3 is 2.88 bits per heavy atom. The van der Waals surface area contributed by atoms with Crippen LogP contribution in [-0.2, 0) is 0 Å². The van der Waals surface area contributed by atoms with Crippen molar-refractivity contribution in [3.8, 4) is 0 Å². The number of imidazole rings is 1. The molecule has 0 radical (unpaired) electrons. The summed E-state index contributed by atoms with van der Waals surface area (Å²) in [5.74, 6) is 1.31. The van der Waals surface area contributed by atoms with Gasteiger partial charge in [0.05, 0.1) is 17.5 Å². The first-order valence-corrected chi connectivity index (χ1v) is 8.37. The fraction of sp³-hybridized carbons (Fsp3) is 0.222. The van der Waals surface area contributed by atoms with Crippen LogP contribution in [0.2, 0.25) is 0 Å². The number of hydrogen-bond donors (Lipinski definition) is 3. The number of hydrogen-bond acceptors (Lipinski definition) is 6. The van der Waals surface area contributed by atoms with E-state index in [9.17, 15) is 0 Å². The van der Waals surface area contributed by atoms with Crippen molar-refractivity contribution in [3.05, 3.63) is 42.4 Å². The maximum Gasteiger partial charge on any atom is 0.231 e. The number of nitrogens with one attached hydrogen (secondary N) is 3. The van der Waals surface area contributed by atoms with Crippen LogP contribution in [0.1, 0.15) is 18.5 Å². The highest BCUT2D eigenvalue weighted by atomic mass is 15.2. The Morgan fingerprint density at radius 1 is 1.12 bits per heavy atom. The lowest BCUT2D eigenvalue weighted by Crippen LogP contribution is -2.07. The molecule has 3 heterocycles. The highest BCUT2D eigenvalue weighted by molar-refractivity contribution is 5.93. The normalized spacial score (nSPS) is 14.1. The van der Waals surface area contributed by atoms with E-state index >= 15 is 0 Å². The molecule has 25 heavy (non-hydrogen) atoms. The molecular formula is C18H17N7. The Bertz CT molecular complexity index is 1080. The Balaban J connectivity index is 1.60. The van der Waals surface area contributed by atoms with Crippen LogP contribution < -0.4 is 10.6 Å². The number of aromatic nitrogens is 5. The van der Waals surface area contributed by atoms with Crippen LogP contribution in [0.5, 0.6) is 0 Å². The second-order valence-corrected chi connectivity index (χ2v) is 6.37. The first-order valence-electron chi connectivity index (χ1n) is 8.37. The van der Waals surface area contributed by atoms with E-state index in [-0.39, 0.29) is 0 Å². The molecule has 0 amide bonds. The Morgan fingerprint density at radius 2 is 2.00 bits per heavy atom. The second-order valence-electron chi connectivity index (χ2n) is 6.37. The van der Waals surface area contributed by atoms with Crippen LogP contribution in [0.25, 0.3) is 22.1 Å². The molecule has 1 fully saturated rings. The third-order valence-electron chi connectivity index (χ3n) is 4.29. The molecule has 0 atom stereocenters. The third-order valence-corrected chi connectivity index (χ3v) is 4.29. The predicted octanol–water partition coefficient (Wildman–Crippen LogP) is 3.53. The molecule has 1 aromatic carbocycles. The number of H-pyrrole nitrogens is 1. The summed E-state index contributed by atoms with van der Waals surface area (Å²) >= 11 is 0. The highest BCUT2D eigenvalue weighted by Gasteiger charge is 2.23. The largest absolute Gasteiger partial charge is 0.365 e. The van der Waals surface area contributed by atoms with E-state index in [0.717, 1.165) is 39.3 Å². The number of benzene rings is 1. The van der Waals surface area contributed by atoms with Crippen molar-refractivity contribution in [3.63, 3.8) is 0 Å². The number of anilines is 3. The summed E-state index contributed by atoms with van der Waals surface area (Å²) in [6.07, 6.45) is 3.99. The van der Waals surface area contributed by atoms with Crippen molar-refractivity contribution in [2.75, 3.05) is 10.6 Å². The molecule has 0 saturated heterocycles. The summed E-state index contributed by atoms with van der Waals surface area (Å²) < 4.78 is 0. The van der Waals surface area contributed by atoms with Gasteiger partial charge in [-0.25, -0.2) is 4.98 Å². The van der Waals surface area contributed by atoms with Gasteiger partial charge in [-0.3, -0.25) is 4.98 Å². The van der Waals surface area contributed by atoms with Crippen LogP contribution >= 0.6 is 0 Å². The van der Waals surface area contributed by atoms with Gasteiger partial charge >= 0.3 is 0 Å². The average Bonchev–Trinajstić information content (AvgIpc) is 3.28. The van der Waals surface area contributed by atoms with E-state index in [1.54, 1.807) is 6.33 Å². The van der Waals surface area contributed by atoms with Crippen LogP contribution in [0.4, 0.5) is 17.5 Å². The van der Waals surface area contributed by atoms with Gasteiger partial charge in [0.25, 0.3) is 0 Å². The molecule has 0 bridgehead atoms. The average molecular weight is 331 g/mol. The van der Waals surface area contributed by atoms with E-state index in [4.69, 9.17) is 0 Å². The molecule has 3 N–H and O–H groups in total. The SMILES string of the molecule is Cc1cc(Nc2nc(NC3CC3)c3nc[nH]c3n2)c2ccccc2n1. The Kier molecular flexibility index (Phi) is 3.06. The van der Waals surface area contributed by atoms with Crippen molar-refractivity contribution < 1.29 is 0 Å². The fourth-order valence-corrected chi connectivity index (χ4v) is 2.94. The van der Waals surface area contributed by atoms with E-state index in [1.165, 1.54) is 12.8 Å². The maximum atomic E-state index is 4.65. The lowest BCUT2D eigenvalue weighted by Gasteiger charge is -2.11. The first kappa shape index (κ1) is 14.2. The molecule has 1 saturated carbocycles. The number of rotatable bonds is 4. The van der Waals surface area contributed by atoms with Gasteiger partial charge in [-0.15, -0.1) is 0 Å². The van der Waals surface area contributed by atoms with E-state index < -0.39 is 0 Å². The molecule has 3 aromatic heterocycles. The molecule has 0 aliphatic heterocycles. The summed E-state index contributed by atoms with van der Waals surface area (Å²) in [5.41, 5.74) is 4.33. The number of aromatic amines is 1. The van der Waals surface area contributed by atoms with Crippen LogP contribution in [0.3, 0.4) is 0 Å². The van der Waals surface area contributed by atoms with Gasteiger partial charge in [-0.05, 0) is 31.9 Å². The monoisotopic (exact) mass is 331 g/mol. The summed E-state index contributed by atoms with van der Waals surface area (Å²) in [6.45, 7) is 1.98. The zero-order chi connectivity index (χ0) is 16.8. The fourth-order valence-electron chi connectivity index (χ4n) is 2.94. The zero-order valence-corrected chi connectivity index (χ0v) is 13.7. The van der Waals surface area contributed by atoms with Gasteiger partial charge in [-0.1, -0.05) is 18.2 Å². The molecule has 7 nitrogen and oxygen atoms in total. The van der Waals surface area contributed by atoms with Gasteiger partial charge in [0.2, 0.25) is 5.95 Å². The summed E-state index contributed by atoms with van der Waals surface area (Å²) in [5, 5.41) is 7.83. The van der Waals surface area contributed by atoms with Crippen LogP contribution in [0.15, 0.2) is 36.7 Å². The molecule has 4 aromatic rings. The summed E-state index contributed by atoms with van der Waals surface area (Å²) in [6, 6.07) is 10.5. The molecule has 7 heteroatoms. The van der Waals surface area contributed by atoms with Crippen molar-refractivity contribution in [2.45, 2.75) is 25.8 Å². The number of aryl methyl sites for hydroxylation is 1. The minimum atomic E-state index is 0.492. The van der Waals surface area contributed by atoms with E-state index in [2.05, 4.69) is 35.6 Å². The van der Waals surface area contributed by atoms with Crippen LogP contribution in [-0.4, -0.2) is 31.0 Å². The molecular weight excluding hydrogens is 314 g/mol. The smallest absolute Gasteiger partial charge is 0.231 e. The van der Waals surface area contributed by atoms with Gasteiger partial charge < -0.3 is 15.6 Å². The van der Waals surface area contributed by atoms with Gasteiger partial charge in [-0.2, -0.15) is 9.97 Å². The highest BCUT2D eigenvalue weighted by Crippen LogP contribution is 2.29. The topological polar surface area (TPSA) is 91.4 Å². The van der Waals surface area contributed by atoms with E-state index in [1.807, 2.05) is 37.3 Å². The van der Waals surface area contributed by atoms with Crippen molar-refractivity contribution >= 4 is 39.5 Å². The number of para-hydroxylation sites is 1. The van der Waals surface area contributed by atoms with Crippen LogP contribution in [0, 0.1) is 6.92 Å². The lowest BCUT2D eigenvalue weighted by atomic mass is 10.1. The van der Waals surface area contributed by atoms with Crippen molar-refractivity contribution in [1.29, 1.82) is 0 Å². The standard InChI is InChI=1S/C18H17N7/c1-10-8-14(12-4-2-3-5-13(12)21-10)23-18-24-16-15(19-9-20-16)17(25-18)22-11-6-7-11/h2-5,8-9,11H,6-7H2,1H3,(H3,19,20,21,22,23,24,25). The van der Waals surface area contributed by atoms with Gasteiger partial charge in [0.15, 0.2) is 11.5 Å². The number of nitrogens with zero attached hydrogens (tertiary/aromatic N) is 4.